The first-order chi connectivity index (χ1) is 8.66. The van der Waals surface area contributed by atoms with Gasteiger partial charge in [-0.05, 0) is 6.07 Å². The molecule has 0 unspecified atom stereocenters. The van der Waals surface area contributed by atoms with Gasteiger partial charge in [0.25, 0.3) is 5.91 Å². The Morgan fingerprint density at radius 3 is 3.00 bits per heavy atom. The Morgan fingerprint density at radius 1 is 1.50 bits per heavy atom. The molecule has 94 valence electrons. The van der Waals surface area contributed by atoms with Crippen LogP contribution in [0.15, 0.2) is 30.9 Å². The van der Waals surface area contributed by atoms with Crippen molar-refractivity contribution in [3.8, 4) is 0 Å². The van der Waals surface area contributed by atoms with Crippen molar-refractivity contribution in [2.75, 3.05) is 12.3 Å². The molecule has 0 bridgehead atoms. The van der Waals surface area contributed by atoms with Crippen molar-refractivity contribution in [3.05, 3.63) is 41.4 Å². The minimum atomic E-state index is -0.234. The van der Waals surface area contributed by atoms with E-state index < -0.39 is 0 Å². The Labute approximate surface area is 109 Å². The number of nitrogen functional groups attached to an aromatic ring is 1. The summed E-state index contributed by atoms with van der Waals surface area (Å²) in [5.41, 5.74) is 6.53. The molecule has 0 atom stereocenters. The predicted octanol–water partition coefficient (Wildman–Crippen LogP) is 0.944. The molecule has 0 saturated heterocycles. The molecule has 18 heavy (non-hydrogen) atoms. The summed E-state index contributed by atoms with van der Waals surface area (Å²) >= 11 is 5.86. The lowest BCUT2D eigenvalue weighted by Gasteiger charge is -2.06. The zero-order valence-corrected chi connectivity index (χ0v) is 10.3. The Morgan fingerprint density at radius 2 is 2.33 bits per heavy atom. The van der Waals surface area contributed by atoms with Gasteiger partial charge >= 0.3 is 0 Å². The molecule has 6 nitrogen and oxygen atoms in total. The molecule has 2 aromatic heterocycles. The fourth-order valence-corrected chi connectivity index (χ4v) is 1.65. The third-order valence-electron chi connectivity index (χ3n) is 2.30. The molecule has 0 saturated carbocycles. The van der Waals surface area contributed by atoms with Crippen LogP contribution in [0, 0.1) is 0 Å². The summed E-state index contributed by atoms with van der Waals surface area (Å²) < 4.78 is 1.66. The summed E-state index contributed by atoms with van der Waals surface area (Å²) in [5.74, 6) is -0.234. The molecule has 2 aromatic rings. The maximum Gasteiger partial charge on any atom is 0.252 e. The van der Waals surface area contributed by atoms with Crippen molar-refractivity contribution in [2.24, 2.45) is 0 Å². The van der Waals surface area contributed by atoms with E-state index >= 15 is 0 Å². The quantitative estimate of drug-likeness (QED) is 0.862. The van der Waals surface area contributed by atoms with Gasteiger partial charge in [0.2, 0.25) is 0 Å². The van der Waals surface area contributed by atoms with Gasteiger partial charge in [-0.25, -0.2) is 0 Å². The van der Waals surface area contributed by atoms with Crippen molar-refractivity contribution in [2.45, 2.75) is 6.54 Å². The Hall–Kier alpha value is -2.08. The molecule has 2 rings (SSSR count). The lowest BCUT2D eigenvalue weighted by Crippen LogP contribution is -2.27. The van der Waals surface area contributed by atoms with E-state index in [0.717, 1.165) is 0 Å². The molecular formula is C11H12ClN5O. The van der Waals surface area contributed by atoms with Crippen LogP contribution in [-0.4, -0.2) is 27.2 Å². The number of nitrogens with zero attached hydrogens (tertiary/aromatic N) is 3. The Balaban J connectivity index is 1.87. The van der Waals surface area contributed by atoms with E-state index in [1.807, 2.05) is 0 Å². The molecule has 0 spiro atoms. The highest BCUT2D eigenvalue weighted by Crippen LogP contribution is 2.12. The molecule has 0 aliphatic carbocycles. The molecule has 1 amide bonds. The number of halogens is 1. The van der Waals surface area contributed by atoms with Crippen LogP contribution in [-0.2, 0) is 6.54 Å². The van der Waals surface area contributed by atoms with Gasteiger partial charge in [0.05, 0.1) is 29.0 Å². The van der Waals surface area contributed by atoms with Crippen LogP contribution >= 0.6 is 11.6 Å². The smallest absolute Gasteiger partial charge is 0.252 e. The summed E-state index contributed by atoms with van der Waals surface area (Å²) in [5, 5.41) is 7.08. The number of amides is 1. The van der Waals surface area contributed by atoms with E-state index in [9.17, 15) is 4.79 Å². The van der Waals surface area contributed by atoms with Crippen LogP contribution in [0.3, 0.4) is 0 Å². The molecule has 0 aliphatic rings. The highest BCUT2D eigenvalue weighted by atomic mass is 35.5. The zero-order valence-electron chi connectivity index (χ0n) is 9.51. The van der Waals surface area contributed by atoms with Crippen LogP contribution in [0.5, 0.6) is 0 Å². The fraction of sp³-hybridized carbons (Fsp3) is 0.182. The van der Waals surface area contributed by atoms with Crippen molar-refractivity contribution in [1.82, 2.24) is 20.1 Å². The normalized spacial score (nSPS) is 10.3. The van der Waals surface area contributed by atoms with Crippen molar-refractivity contribution < 1.29 is 4.79 Å². The number of hydrogen-bond donors (Lipinski definition) is 2. The largest absolute Gasteiger partial charge is 0.396 e. The standard InChI is InChI=1S/C11H12ClN5O/c12-10-6-14-2-1-9(10)11(18)15-3-4-17-7-8(13)5-16-17/h1-2,5-7H,3-4,13H2,(H,15,18). The summed E-state index contributed by atoms with van der Waals surface area (Å²) in [4.78, 5) is 15.6. The minimum absolute atomic E-state index is 0.234. The van der Waals surface area contributed by atoms with Crippen molar-refractivity contribution in [1.29, 1.82) is 0 Å². The maximum absolute atomic E-state index is 11.8. The third-order valence-corrected chi connectivity index (χ3v) is 2.60. The van der Waals surface area contributed by atoms with Crippen LogP contribution in [0.2, 0.25) is 5.02 Å². The zero-order chi connectivity index (χ0) is 13.0. The number of anilines is 1. The van der Waals surface area contributed by atoms with Crippen LogP contribution in [0.1, 0.15) is 10.4 Å². The number of rotatable bonds is 4. The average molecular weight is 266 g/mol. The van der Waals surface area contributed by atoms with Crippen LogP contribution < -0.4 is 11.1 Å². The van der Waals surface area contributed by atoms with Crippen molar-refractivity contribution in [3.63, 3.8) is 0 Å². The minimum Gasteiger partial charge on any atom is -0.396 e. The monoisotopic (exact) mass is 265 g/mol. The Bertz CT molecular complexity index is 554. The van der Waals surface area contributed by atoms with Gasteiger partial charge in [0, 0.05) is 25.1 Å². The first-order valence-electron chi connectivity index (χ1n) is 5.32. The lowest BCUT2D eigenvalue weighted by molar-refractivity contribution is 0.0952. The van der Waals surface area contributed by atoms with Crippen molar-refractivity contribution >= 4 is 23.2 Å². The SMILES string of the molecule is Nc1cnn(CCNC(=O)c2ccncc2Cl)c1. The predicted molar refractivity (Wildman–Crippen MR) is 68.2 cm³/mol. The van der Waals surface area contributed by atoms with E-state index in [-0.39, 0.29) is 5.91 Å². The number of nitrogens with one attached hydrogen (secondary N) is 1. The molecule has 0 fully saturated rings. The van der Waals surface area contributed by atoms with E-state index in [0.29, 0.717) is 29.4 Å². The van der Waals surface area contributed by atoms with Gasteiger partial charge in [0.15, 0.2) is 0 Å². The number of carbonyl (C=O) groups is 1. The number of hydrogen-bond acceptors (Lipinski definition) is 4. The van der Waals surface area contributed by atoms with Gasteiger partial charge in [-0.15, -0.1) is 0 Å². The second-order valence-corrected chi connectivity index (χ2v) is 4.06. The molecule has 3 N–H and O–H groups in total. The number of carbonyl (C=O) groups excluding carboxylic acids is 1. The molecule has 0 radical (unpaired) electrons. The lowest BCUT2D eigenvalue weighted by atomic mass is 10.2. The maximum atomic E-state index is 11.8. The number of pyridine rings is 1. The third kappa shape index (κ3) is 2.98. The van der Waals surface area contributed by atoms with Gasteiger partial charge in [-0.3, -0.25) is 14.5 Å². The van der Waals surface area contributed by atoms with Gasteiger partial charge in [-0.1, -0.05) is 11.6 Å². The van der Waals surface area contributed by atoms with E-state index in [1.165, 1.54) is 12.4 Å². The molecule has 7 heteroatoms. The molecular weight excluding hydrogens is 254 g/mol. The summed E-state index contributed by atoms with van der Waals surface area (Å²) in [7, 11) is 0. The highest BCUT2D eigenvalue weighted by molar-refractivity contribution is 6.33. The van der Waals surface area contributed by atoms with E-state index in [1.54, 1.807) is 23.1 Å². The topological polar surface area (TPSA) is 85.8 Å². The van der Waals surface area contributed by atoms with Gasteiger partial charge in [-0.2, -0.15) is 5.10 Å². The first kappa shape index (κ1) is 12.4. The van der Waals surface area contributed by atoms with Crippen LogP contribution in [0.4, 0.5) is 5.69 Å². The summed E-state index contributed by atoms with van der Waals surface area (Å²) in [6.07, 6.45) is 6.22. The summed E-state index contributed by atoms with van der Waals surface area (Å²) in [6.45, 7) is 0.990. The average Bonchev–Trinajstić information content (AvgIpc) is 2.75. The second-order valence-electron chi connectivity index (χ2n) is 3.65. The molecule has 0 aromatic carbocycles. The van der Waals surface area contributed by atoms with Gasteiger partial charge in [0.1, 0.15) is 0 Å². The first-order valence-corrected chi connectivity index (χ1v) is 5.70. The Kier molecular flexibility index (Phi) is 3.78. The van der Waals surface area contributed by atoms with Gasteiger partial charge < -0.3 is 11.1 Å². The molecule has 2 heterocycles. The van der Waals surface area contributed by atoms with E-state index in [2.05, 4.69) is 15.4 Å². The molecule has 0 aliphatic heterocycles. The number of nitrogens with two attached hydrogens (primary N) is 1. The van der Waals surface area contributed by atoms with E-state index in [4.69, 9.17) is 17.3 Å². The highest BCUT2D eigenvalue weighted by Gasteiger charge is 2.08. The number of aromatic nitrogens is 3. The summed E-state index contributed by atoms with van der Waals surface area (Å²) in [6, 6.07) is 1.57. The second kappa shape index (κ2) is 5.50. The van der Waals surface area contributed by atoms with Crippen LogP contribution in [0.25, 0.3) is 0 Å². The fourth-order valence-electron chi connectivity index (χ4n) is 1.44.